The highest BCUT2D eigenvalue weighted by Crippen LogP contribution is 2.10. The van der Waals surface area contributed by atoms with E-state index in [0.29, 0.717) is 10.3 Å². The second-order valence-electron chi connectivity index (χ2n) is 3.66. The minimum absolute atomic E-state index is 0.267. The summed E-state index contributed by atoms with van der Waals surface area (Å²) in [6.07, 6.45) is 3.02. The van der Waals surface area contributed by atoms with Crippen molar-refractivity contribution in [2.24, 2.45) is 5.73 Å². The van der Waals surface area contributed by atoms with E-state index in [-0.39, 0.29) is 6.42 Å². The molecule has 1 unspecified atom stereocenters. The molecule has 0 saturated heterocycles. The highest BCUT2D eigenvalue weighted by Gasteiger charge is 2.30. The van der Waals surface area contributed by atoms with Crippen molar-refractivity contribution in [3.05, 3.63) is 35.3 Å². The van der Waals surface area contributed by atoms with Crippen molar-refractivity contribution in [1.29, 1.82) is 0 Å². The molecule has 0 aromatic carbocycles. The summed E-state index contributed by atoms with van der Waals surface area (Å²) in [6.45, 7) is 1.57. The van der Waals surface area contributed by atoms with Crippen molar-refractivity contribution in [2.45, 2.75) is 18.9 Å². The lowest BCUT2D eigenvalue weighted by Gasteiger charge is -2.20. The Labute approximate surface area is 88.0 Å². The van der Waals surface area contributed by atoms with Gasteiger partial charge >= 0.3 is 5.97 Å². The SMILES string of the molecule is COC(=O)C(C)(N)Cc1ccc[n+]([O-])c1. The van der Waals surface area contributed by atoms with Crippen LogP contribution in [-0.2, 0) is 16.0 Å². The number of methoxy groups -OCH3 is 1. The quantitative estimate of drug-likeness (QED) is 0.424. The molecule has 0 saturated carbocycles. The van der Waals surface area contributed by atoms with Crippen molar-refractivity contribution >= 4 is 5.97 Å². The molecule has 0 bridgehead atoms. The van der Waals surface area contributed by atoms with Gasteiger partial charge in [0.05, 0.1) is 7.11 Å². The normalized spacial score (nSPS) is 14.3. The van der Waals surface area contributed by atoms with Gasteiger partial charge in [-0.1, -0.05) is 0 Å². The first-order valence-corrected chi connectivity index (χ1v) is 4.51. The maximum Gasteiger partial charge on any atom is 0.325 e. The summed E-state index contributed by atoms with van der Waals surface area (Å²) in [5.41, 5.74) is 5.36. The topological polar surface area (TPSA) is 79.3 Å². The molecule has 1 aromatic rings. The number of carbonyl (C=O) groups is 1. The molecule has 82 valence electrons. The predicted octanol–water partition coefficient (Wildman–Crippen LogP) is -0.247. The molecular formula is C10H14N2O3. The number of nitrogens with two attached hydrogens (primary N) is 1. The standard InChI is InChI=1S/C10H14N2O3/c1-10(11,9(13)15-2)6-8-4-3-5-12(14)7-8/h3-5,7H,6,11H2,1-2H3. The predicted molar refractivity (Wildman–Crippen MR) is 53.7 cm³/mol. The summed E-state index contributed by atoms with van der Waals surface area (Å²) < 4.78 is 5.24. The van der Waals surface area contributed by atoms with Crippen molar-refractivity contribution in [3.8, 4) is 0 Å². The maximum absolute atomic E-state index is 11.3. The third kappa shape index (κ3) is 2.92. The molecule has 1 rings (SSSR count). The Hall–Kier alpha value is -1.62. The van der Waals surface area contributed by atoms with E-state index in [1.807, 2.05) is 0 Å². The van der Waals surface area contributed by atoms with Crippen LogP contribution in [-0.4, -0.2) is 18.6 Å². The number of hydrogen-bond donors (Lipinski definition) is 1. The maximum atomic E-state index is 11.3. The fraction of sp³-hybridized carbons (Fsp3) is 0.400. The van der Waals surface area contributed by atoms with Gasteiger partial charge in [0.15, 0.2) is 12.4 Å². The van der Waals surface area contributed by atoms with Crippen LogP contribution < -0.4 is 10.5 Å². The summed E-state index contributed by atoms with van der Waals surface area (Å²) >= 11 is 0. The summed E-state index contributed by atoms with van der Waals surface area (Å²) in [7, 11) is 1.28. The average Bonchev–Trinajstić information content (AvgIpc) is 2.15. The van der Waals surface area contributed by atoms with Crippen LogP contribution >= 0.6 is 0 Å². The fourth-order valence-corrected chi connectivity index (χ4v) is 1.33. The molecule has 0 fully saturated rings. The summed E-state index contributed by atoms with van der Waals surface area (Å²) in [4.78, 5) is 11.3. The van der Waals surface area contributed by atoms with E-state index in [4.69, 9.17) is 5.73 Å². The van der Waals surface area contributed by atoms with Crippen LogP contribution in [0.5, 0.6) is 0 Å². The second kappa shape index (κ2) is 4.27. The minimum Gasteiger partial charge on any atom is -0.619 e. The third-order valence-corrected chi connectivity index (χ3v) is 2.06. The second-order valence-corrected chi connectivity index (χ2v) is 3.66. The summed E-state index contributed by atoms with van der Waals surface area (Å²) in [5.74, 6) is -0.496. The molecule has 15 heavy (non-hydrogen) atoms. The van der Waals surface area contributed by atoms with Gasteiger partial charge in [-0.3, -0.25) is 4.79 Å². The van der Waals surface area contributed by atoms with Crippen LogP contribution in [0.25, 0.3) is 0 Å². The first-order chi connectivity index (χ1) is 6.95. The van der Waals surface area contributed by atoms with Crippen LogP contribution in [0.3, 0.4) is 0 Å². The number of carbonyl (C=O) groups excluding carboxylic acids is 1. The Morgan fingerprint density at radius 3 is 2.93 bits per heavy atom. The van der Waals surface area contributed by atoms with Crippen LogP contribution in [0, 0.1) is 5.21 Å². The Morgan fingerprint density at radius 1 is 1.73 bits per heavy atom. The molecule has 1 aromatic heterocycles. The number of hydrogen-bond acceptors (Lipinski definition) is 4. The molecule has 2 N–H and O–H groups in total. The van der Waals surface area contributed by atoms with Crippen molar-refractivity contribution in [3.63, 3.8) is 0 Å². The van der Waals surface area contributed by atoms with Gasteiger partial charge < -0.3 is 15.7 Å². The Bertz CT molecular complexity index is 363. The molecule has 0 aliphatic heterocycles. The zero-order valence-corrected chi connectivity index (χ0v) is 8.77. The zero-order valence-electron chi connectivity index (χ0n) is 8.77. The average molecular weight is 210 g/mol. The van der Waals surface area contributed by atoms with Crippen molar-refractivity contribution in [2.75, 3.05) is 7.11 Å². The van der Waals surface area contributed by atoms with Gasteiger partial charge in [-0.05, 0) is 13.0 Å². The van der Waals surface area contributed by atoms with Crippen LogP contribution in [0.1, 0.15) is 12.5 Å². The smallest absolute Gasteiger partial charge is 0.325 e. The Balaban J connectivity index is 2.81. The molecule has 1 heterocycles. The van der Waals surface area contributed by atoms with E-state index in [1.54, 1.807) is 19.1 Å². The van der Waals surface area contributed by atoms with Crippen LogP contribution in [0.15, 0.2) is 24.5 Å². The van der Waals surface area contributed by atoms with Gasteiger partial charge in [-0.2, -0.15) is 4.73 Å². The Morgan fingerprint density at radius 2 is 2.40 bits per heavy atom. The number of aromatic nitrogens is 1. The molecule has 1 atom stereocenters. The Kier molecular flexibility index (Phi) is 3.26. The fourth-order valence-electron chi connectivity index (χ4n) is 1.33. The highest BCUT2D eigenvalue weighted by atomic mass is 16.5. The minimum atomic E-state index is -1.11. The van der Waals surface area contributed by atoms with Gasteiger partial charge in [0.2, 0.25) is 0 Å². The molecule has 5 nitrogen and oxygen atoms in total. The zero-order chi connectivity index (χ0) is 11.5. The van der Waals surface area contributed by atoms with Crippen LogP contribution in [0.2, 0.25) is 0 Å². The number of rotatable bonds is 3. The lowest BCUT2D eigenvalue weighted by Crippen LogP contribution is -2.48. The van der Waals surface area contributed by atoms with E-state index in [2.05, 4.69) is 4.74 Å². The molecular weight excluding hydrogens is 196 g/mol. The molecule has 5 heteroatoms. The number of esters is 1. The van der Waals surface area contributed by atoms with Gasteiger partial charge in [0.1, 0.15) is 5.54 Å². The lowest BCUT2D eigenvalue weighted by atomic mass is 9.95. The largest absolute Gasteiger partial charge is 0.619 e. The summed E-state index contributed by atoms with van der Waals surface area (Å²) in [5, 5.41) is 11.0. The van der Waals surface area contributed by atoms with Gasteiger partial charge in [-0.15, -0.1) is 0 Å². The van der Waals surface area contributed by atoms with E-state index in [0.717, 1.165) is 0 Å². The first kappa shape index (κ1) is 11.5. The molecule has 0 aliphatic rings. The van der Waals surface area contributed by atoms with Gasteiger partial charge in [0, 0.05) is 18.1 Å². The van der Waals surface area contributed by atoms with Crippen molar-refractivity contribution < 1.29 is 14.3 Å². The first-order valence-electron chi connectivity index (χ1n) is 4.51. The third-order valence-electron chi connectivity index (χ3n) is 2.06. The molecule has 0 aliphatic carbocycles. The van der Waals surface area contributed by atoms with Gasteiger partial charge in [-0.25, -0.2) is 0 Å². The summed E-state index contributed by atoms with van der Waals surface area (Å²) in [6, 6.07) is 3.35. The van der Waals surface area contributed by atoms with Crippen LogP contribution in [0.4, 0.5) is 0 Å². The number of pyridine rings is 1. The molecule has 0 spiro atoms. The van der Waals surface area contributed by atoms with E-state index < -0.39 is 11.5 Å². The molecule has 0 amide bonds. The van der Waals surface area contributed by atoms with Gasteiger partial charge in [0.25, 0.3) is 0 Å². The lowest BCUT2D eigenvalue weighted by molar-refractivity contribution is -0.605. The van der Waals surface area contributed by atoms with E-state index in [9.17, 15) is 10.0 Å². The molecule has 0 radical (unpaired) electrons. The van der Waals surface area contributed by atoms with Crippen molar-refractivity contribution in [1.82, 2.24) is 0 Å². The number of nitrogens with zero attached hydrogens (tertiary/aromatic N) is 1. The van der Waals surface area contributed by atoms with E-state index in [1.165, 1.54) is 19.5 Å². The monoisotopic (exact) mass is 210 g/mol. The number of ether oxygens (including phenoxy) is 1. The van der Waals surface area contributed by atoms with E-state index >= 15 is 0 Å². The highest BCUT2D eigenvalue weighted by molar-refractivity contribution is 5.80.